The molecule has 1 unspecified atom stereocenters. The van der Waals surface area contributed by atoms with Gasteiger partial charge >= 0.3 is 5.69 Å². The molecule has 0 fully saturated rings. The quantitative estimate of drug-likeness (QED) is 0.333. The molecule has 0 spiro atoms. The smallest absolute Gasteiger partial charge is 0.336 e. The molecular formula is C28H20F2N4O4. The Balaban J connectivity index is 1.63. The number of nitrogens with one attached hydrogen (secondary N) is 1. The second-order valence-electron chi connectivity index (χ2n) is 9.07. The molecule has 190 valence electrons. The highest BCUT2D eigenvalue weighted by molar-refractivity contribution is 6.18. The number of carbonyl (C=O) groups is 1. The minimum Gasteiger partial charge on any atom is -0.396 e. The number of hydrogen-bond acceptors (Lipinski definition) is 4. The number of carbonyl (C=O) groups excluding carboxylic acids is 1. The standard InChI is InChI=1S/C28H20F2N4O4/c29-18-4-2-9-33-22(18)13-23(36)34(28(33)38)21-5-1-3-16(21)24-19(30)12-17(27(31)37)26-25(24)15-7-6-14(8-10-35)11-20(15)32-26/h1-7,9,11-13,21,32,35H,8,10H2,(H2,31,37). The summed E-state index contributed by atoms with van der Waals surface area (Å²) in [6.07, 6.45) is 6.53. The molecule has 3 aromatic heterocycles. The van der Waals surface area contributed by atoms with E-state index in [9.17, 15) is 23.9 Å². The molecule has 8 nitrogen and oxygen atoms in total. The molecule has 1 atom stereocenters. The van der Waals surface area contributed by atoms with Crippen molar-refractivity contribution in [1.29, 1.82) is 0 Å². The van der Waals surface area contributed by atoms with Gasteiger partial charge in [0, 0.05) is 40.7 Å². The van der Waals surface area contributed by atoms with Crippen molar-refractivity contribution in [3.8, 4) is 0 Å². The van der Waals surface area contributed by atoms with Gasteiger partial charge < -0.3 is 15.8 Å². The van der Waals surface area contributed by atoms with Crippen LogP contribution < -0.4 is 17.0 Å². The first kappa shape index (κ1) is 23.6. The van der Waals surface area contributed by atoms with E-state index >= 15 is 4.39 Å². The molecule has 0 radical (unpaired) electrons. The van der Waals surface area contributed by atoms with Gasteiger partial charge in [-0.15, -0.1) is 0 Å². The number of benzene rings is 2. The number of halogens is 2. The third-order valence-corrected chi connectivity index (χ3v) is 6.90. The van der Waals surface area contributed by atoms with Crippen LogP contribution in [0.3, 0.4) is 0 Å². The summed E-state index contributed by atoms with van der Waals surface area (Å²) >= 11 is 0. The summed E-state index contributed by atoms with van der Waals surface area (Å²) in [5.41, 5.74) is 5.95. The number of fused-ring (bicyclic) bond motifs is 4. The van der Waals surface area contributed by atoms with Gasteiger partial charge in [0.05, 0.1) is 22.6 Å². The zero-order valence-electron chi connectivity index (χ0n) is 19.7. The van der Waals surface area contributed by atoms with Crippen LogP contribution in [0.15, 0.2) is 76.5 Å². The number of pyridine rings is 1. The summed E-state index contributed by atoms with van der Waals surface area (Å²) in [6.45, 7) is -0.0572. The van der Waals surface area contributed by atoms with Crippen LogP contribution in [0.1, 0.15) is 27.5 Å². The Bertz CT molecular complexity index is 2000. The number of aliphatic hydroxyl groups excluding tert-OH is 1. The van der Waals surface area contributed by atoms with Crippen LogP contribution in [-0.2, 0) is 6.42 Å². The number of aliphatic hydroxyl groups is 1. The monoisotopic (exact) mass is 514 g/mol. The first-order chi connectivity index (χ1) is 18.3. The number of allylic oxidation sites excluding steroid dienone is 4. The van der Waals surface area contributed by atoms with E-state index in [1.165, 1.54) is 12.3 Å². The van der Waals surface area contributed by atoms with Crippen molar-refractivity contribution in [2.24, 2.45) is 5.73 Å². The minimum atomic E-state index is -0.995. The molecule has 0 aliphatic heterocycles. The van der Waals surface area contributed by atoms with Gasteiger partial charge in [-0.25, -0.2) is 18.1 Å². The maximum atomic E-state index is 15.9. The van der Waals surface area contributed by atoms with E-state index in [2.05, 4.69) is 4.98 Å². The van der Waals surface area contributed by atoms with Crippen LogP contribution in [0.25, 0.3) is 32.9 Å². The number of rotatable bonds is 5. The van der Waals surface area contributed by atoms with Gasteiger partial charge in [-0.2, -0.15) is 0 Å². The highest BCUT2D eigenvalue weighted by Gasteiger charge is 2.29. The zero-order valence-corrected chi connectivity index (χ0v) is 19.7. The summed E-state index contributed by atoms with van der Waals surface area (Å²) < 4.78 is 32.1. The first-order valence-electron chi connectivity index (χ1n) is 11.8. The fourth-order valence-corrected chi connectivity index (χ4v) is 5.23. The van der Waals surface area contributed by atoms with Crippen molar-refractivity contribution in [3.63, 3.8) is 0 Å². The second-order valence-corrected chi connectivity index (χ2v) is 9.07. The number of aromatic amines is 1. The largest absolute Gasteiger partial charge is 0.396 e. The lowest BCUT2D eigenvalue weighted by molar-refractivity contribution is 0.100. The van der Waals surface area contributed by atoms with Crippen LogP contribution in [-0.4, -0.2) is 31.6 Å². The number of hydrogen-bond donors (Lipinski definition) is 3. The lowest BCUT2D eigenvalue weighted by Crippen LogP contribution is -2.39. The van der Waals surface area contributed by atoms with E-state index in [0.29, 0.717) is 33.8 Å². The Labute approximate surface area is 212 Å². The molecule has 1 aliphatic carbocycles. The molecule has 0 bridgehead atoms. The number of primary amides is 1. The van der Waals surface area contributed by atoms with E-state index in [-0.39, 0.29) is 23.3 Å². The molecule has 1 amide bonds. The summed E-state index contributed by atoms with van der Waals surface area (Å²) in [5.74, 6) is -2.31. The fourth-order valence-electron chi connectivity index (χ4n) is 5.23. The normalized spacial score (nSPS) is 15.1. The summed E-state index contributed by atoms with van der Waals surface area (Å²) in [4.78, 5) is 41.8. The molecule has 1 aliphatic rings. The molecule has 4 N–H and O–H groups in total. The van der Waals surface area contributed by atoms with E-state index in [1.54, 1.807) is 36.4 Å². The summed E-state index contributed by atoms with van der Waals surface area (Å²) in [7, 11) is 0. The van der Waals surface area contributed by atoms with Gasteiger partial charge in [0.1, 0.15) is 11.6 Å². The number of aromatic nitrogens is 3. The number of H-pyrrole nitrogens is 1. The molecule has 2 aromatic carbocycles. The van der Waals surface area contributed by atoms with E-state index < -0.39 is 34.8 Å². The topological polar surface area (TPSA) is 123 Å². The van der Waals surface area contributed by atoms with Gasteiger partial charge in [0.15, 0.2) is 0 Å². The second kappa shape index (κ2) is 8.63. The van der Waals surface area contributed by atoms with E-state index in [4.69, 9.17) is 5.73 Å². The molecule has 5 aromatic rings. The fraction of sp³-hybridized carbons (Fsp3) is 0.107. The van der Waals surface area contributed by atoms with Crippen molar-refractivity contribution in [1.82, 2.24) is 14.0 Å². The molecule has 38 heavy (non-hydrogen) atoms. The van der Waals surface area contributed by atoms with E-state index in [1.807, 2.05) is 0 Å². The van der Waals surface area contributed by atoms with Gasteiger partial charge in [0.25, 0.3) is 11.5 Å². The third kappa shape index (κ3) is 3.41. The van der Waals surface area contributed by atoms with Crippen LogP contribution in [0.4, 0.5) is 8.78 Å². The van der Waals surface area contributed by atoms with E-state index in [0.717, 1.165) is 32.7 Å². The Morgan fingerprint density at radius 2 is 1.92 bits per heavy atom. The predicted octanol–water partition coefficient (Wildman–Crippen LogP) is 3.20. The Hall–Kier alpha value is -4.83. The Morgan fingerprint density at radius 1 is 1.11 bits per heavy atom. The lowest BCUT2D eigenvalue weighted by Gasteiger charge is -2.19. The Kier molecular flexibility index (Phi) is 5.35. The number of amides is 1. The number of nitrogens with two attached hydrogens (primary N) is 1. The SMILES string of the molecule is NC(=O)c1cc(F)c(C2=CC=CC2n2c(=O)cc3c(F)cccn3c2=O)c2c1[nH]c1cc(CCO)ccc12. The first-order valence-corrected chi connectivity index (χ1v) is 11.8. The van der Waals surface area contributed by atoms with Crippen LogP contribution >= 0.6 is 0 Å². The van der Waals surface area contributed by atoms with Gasteiger partial charge in [-0.3, -0.25) is 14.0 Å². The van der Waals surface area contributed by atoms with Crippen LogP contribution in [0.2, 0.25) is 0 Å². The molecule has 3 heterocycles. The van der Waals surface area contributed by atoms with Crippen molar-refractivity contribution in [2.75, 3.05) is 6.61 Å². The van der Waals surface area contributed by atoms with Crippen molar-refractivity contribution < 1.29 is 18.7 Å². The molecule has 10 heteroatoms. The van der Waals surface area contributed by atoms with Gasteiger partial charge in [-0.05, 0) is 41.8 Å². The zero-order chi connectivity index (χ0) is 26.7. The molecule has 6 rings (SSSR count). The van der Waals surface area contributed by atoms with Crippen molar-refractivity contribution in [2.45, 2.75) is 12.5 Å². The summed E-state index contributed by atoms with van der Waals surface area (Å²) in [5, 5.41) is 10.3. The predicted molar refractivity (Wildman–Crippen MR) is 139 cm³/mol. The maximum Gasteiger partial charge on any atom is 0.336 e. The van der Waals surface area contributed by atoms with Gasteiger partial charge in [0.2, 0.25) is 0 Å². The minimum absolute atomic E-state index is 0.0531. The van der Waals surface area contributed by atoms with Crippen LogP contribution in [0, 0.1) is 11.6 Å². The van der Waals surface area contributed by atoms with Crippen molar-refractivity contribution in [3.05, 3.63) is 116 Å². The van der Waals surface area contributed by atoms with Crippen LogP contribution in [0.5, 0.6) is 0 Å². The average molecular weight is 514 g/mol. The summed E-state index contributed by atoms with van der Waals surface area (Å²) in [6, 6.07) is 8.90. The number of nitrogens with zero attached hydrogens (tertiary/aromatic N) is 2. The lowest BCUT2D eigenvalue weighted by atomic mass is 9.93. The average Bonchev–Trinajstić information content (AvgIpc) is 3.49. The highest BCUT2D eigenvalue weighted by atomic mass is 19.1. The van der Waals surface area contributed by atoms with Gasteiger partial charge in [-0.1, -0.05) is 30.4 Å². The van der Waals surface area contributed by atoms with Crippen molar-refractivity contribution >= 4 is 38.8 Å². The molecule has 0 saturated carbocycles. The Morgan fingerprint density at radius 3 is 2.68 bits per heavy atom. The molecular weight excluding hydrogens is 494 g/mol. The third-order valence-electron chi connectivity index (χ3n) is 6.90. The maximum absolute atomic E-state index is 15.9. The highest BCUT2D eigenvalue weighted by Crippen LogP contribution is 2.41. The molecule has 0 saturated heterocycles.